The standard InChI is InChI=1S/C26H29N3OS/c30-26(27-23-17-28-13-9-18(23)10-14-28)24-16-20-6-4-8-22(25(20)31-24)19-5-3-7-21(15-19)29-11-1-2-12-29/h3-8,15-16,18,23H,1-2,9-14,17H2,(H,27,30). The number of hydrogen-bond donors (Lipinski definition) is 1. The van der Waals surface area contributed by atoms with Crippen LogP contribution in [0, 0.1) is 5.92 Å². The Kier molecular flexibility index (Phi) is 4.96. The van der Waals surface area contributed by atoms with Gasteiger partial charge in [-0.1, -0.05) is 30.3 Å². The molecule has 3 aromatic rings. The van der Waals surface area contributed by atoms with Crippen molar-refractivity contribution in [2.24, 2.45) is 5.92 Å². The van der Waals surface area contributed by atoms with E-state index in [4.69, 9.17) is 0 Å². The molecule has 1 amide bonds. The first-order valence-corrected chi connectivity index (χ1v) is 12.5. The van der Waals surface area contributed by atoms with Crippen LogP contribution >= 0.6 is 11.3 Å². The molecule has 4 fully saturated rings. The van der Waals surface area contributed by atoms with Crippen molar-refractivity contribution in [1.82, 2.24) is 10.2 Å². The second-order valence-electron chi connectivity index (χ2n) is 9.30. The summed E-state index contributed by atoms with van der Waals surface area (Å²) in [5, 5.41) is 4.52. The molecule has 1 aromatic heterocycles. The van der Waals surface area contributed by atoms with E-state index in [9.17, 15) is 4.79 Å². The van der Waals surface area contributed by atoms with Crippen molar-refractivity contribution in [1.29, 1.82) is 0 Å². The highest BCUT2D eigenvalue weighted by Crippen LogP contribution is 2.37. The van der Waals surface area contributed by atoms with E-state index in [1.54, 1.807) is 11.3 Å². The van der Waals surface area contributed by atoms with Crippen LogP contribution in [-0.2, 0) is 0 Å². The Morgan fingerprint density at radius 2 is 1.77 bits per heavy atom. The monoisotopic (exact) mass is 431 g/mol. The van der Waals surface area contributed by atoms with Crippen molar-refractivity contribution in [2.45, 2.75) is 31.7 Å². The Labute approximate surface area is 187 Å². The molecule has 0 spiro atoms. The van der Waals surface area contributed by atoms with Gasteiger partial charge < -0.3 is 15.1 Å². The molecule has 0 saturated carbocycles. The van der Waals surface area contributed by atoms with E-state index < -0.39 is 0 Å². The van der Waals surface area contributed by atoms with Gasteiger partial charge in [-0.2, -0.15) is 0 Å². The minimum atomic E-state index is 0.0942. The molecule has 5 heterocycles. The third kappa shape index (κ3) is 3.64. The van der Waals surface area contributed by atoms with E-state index >= 15 is 0 Å². The molecule has 2 aromatic carbocycles. The van der Waals surface area contributed by atoms with Gasteiger partial charge in [0, 0.05) is 36.1 Å². The highest BCUT2D eigenvalue weighted by Gasteiger charge is 2.35. The summed E-state index contributed by atoms with van der Waals surface area (Å²) in [6.07, 6.45) is 5.00. The maximum absolute atomic E-state index is 13.1. The fourth-order valence-electron chi connectivity index (χ4n) is 5.62. The molecule has 4 aliphatic rings. The maximum atomic E-state index is 13.1. The first-order valence-electron chi connectivity index (χ1n) is 11.7. The van der Waals surface area contributed by atoms with Gasteiger partial charge in [0.2, 0.25) is 0 Å². The van der Waals surface area contributed by atoms with Gasteiger partial charge in [-0.05, 0) is 79.4 Å². The first-order chi connectivity index (χ1) is 15.2. The number of nitrogens with one attached hydrogen (secondary N) is 1. The number of rotatable bonds is 4. The fourth-order valence-corrected chi connectivity index (χ4v) is 6.71. The third-order valence-corrected chi connectivity index (χ3v) is 8.55. The summed E-state index contributed by atoms with van der Waals surface area (Å²) in [5.74, 6) is 0.740. The van der Waals surface area contributed by atoms with Gasteiger partial charge in [-0.3, -0.25) is 4.79 Å². The van der Waals surface area contributed by atoms with Gasteiger partial charge in [-0.25, -0.2) is 0 Å². The Hall–Kier alpha value is -2.37. The summed E-state index contributed by atoms with van der Waals surface area (Å²) in [6, 6.07) is 17.7. The van der Waals surface area contributed by atoms with E-state index in [-0.39, 0.29) is 5.91 Å². The zero-order chi connectivity index (χ0) is 20.8. The summed E-state index contributed by atoms with van der Waals surface area (Å²) >= 11 is 1.63. The van der Waals surface area contributed by atoms with Crippen LogP contribution in [0.3, 0.4) is 0 Å². The average molecular weight is 432 g/mol. The van der Waals surface area contributed by atoms with Crippen molar-refractivity contribution >= 4 is 33.0 Å². The molecule has 1 unspecified atom stereocenters. The number of thiophene rings is 1. The number of nitrogens with zero attached hydrogens (tertiary/aromatic N) is 2. The second-order valence-corrected chi connectivity index (χ2v) is 10.3. The molecule has 2 bridgehead atoms. The molecule has 160 valence electrons. The first kappa shape index (κ1) is 19.3. The van der Waals surface area contributed by atoms with Crippen LogP contribution in [0.1, 0.15) is 35.4 Å². The van der Waals surface area contributed by atoms with Gasteiger partial charge in [0.05, 0.1) is 4.88 Å². The lowest BCUT2D eigenvalue weighted by Gasteiger charge is -2.44. The molecular formula is C26H29N3OS. The third-order valence-electron chi connectivity index (χ3n) is 7.37. The van der Waals surface area contributed by atoms with E-state index in [1.165, 1.54) is 60.3 Å². The number of amides is 1. The lowest BCUT2D eigenvalue weighted by molar-refractivity contribution is 0.0622. The number of carbonyl (C=O) groups is 1. The largest absolute Gasteiger partial charge is 0.372 e. The van der Waals surface area contributed by atoms with E-state index in [2.05, 4.69) is 63.6 Å². The topological polar surface area (TPSA) is 35.6 Å². The quantitative estimate of drug-likeness (QED) is 0.632. The van der Waals surface area contributed by atoms with Crippen molar-refractivity contribution < 1.29 is 4.79 Å². The van der Waals surface area contributed by atoms with Crippen LogP contribution in [0.15, 0.2) is 48.5 Å². The molecule has 0 radical (unpaired) electrons. The van der Waals surface area contributed by atoms with E-state index in [1.807, 2.05) is 0 Å². The number of anilines is 1. The van der Waals surface area contributed by atoms with Crippen LogP contribution < -0.4 is 10.2 Å². The molecule has 4 aliphatic heterocycles. The Morgan fingerprint density at radius 1 is 0.968 bits per heavy atom. The zero-order valence-electron chi connectivity index (χ0n) is 17.8. The lowest BCUT2D eigenvalue weighted by Crippen LogP contribution is -2.57. The number of benzene rings is 2. The zero-order valence-corrected chi connectivity index (χ0v) is 18.7. The highest BCUT2D eigenvalue weighted by molar-refractivity contribution is 7.21. The summed E-state index contributed by atoms with van der Waals surface area (Å²) in [5.41, 5.74) is 3.77. The average Bonchev–Trinajstić information content (AvgIpc) is 3.50. The van der Waals surface area contributed by atoms with Crippen molar-refractivity contribution in [3.63, 3.8) is 0 Å². The lowest BCUT2D eigenvalue weighted by atomic mass is 9.84. The van der Waals surface area contributed by atoms with Gasteiger partial charge in [0.1, 0.15) is 0 Å². The fraction of sp³-hybridized carbons (Fsp3) is 0.423. The summed E-state index contributed by atoms with van der Waals surface area (Å²) < 4.78 is 1.21. The van der Waals surface area contributed by atoms with E-state index in [0.29, 0.717) is 12.0 Å². The summed E-state index contributed by atoms with van der Waals surface area (Å²) in [6.45, 7) is 5.70. The number of hydrogen-bond acceptors (Lipinski definition) is 4. The molecule has 5 heteroatoms. The van der Waals surface area contributed by atoms with Crippen molar-refractivity contribution in [3.8, 4) is 11.1 Å². The van der Waals surface area contributed by atoms with Crippen molar-refractivity contribution in [3.05, 3.63) is 53.4 Å². The summed E-state index contributed by atoms with van der Waals surface area (Å²) in [7, 11) is 0. The Bertz CT molecular complexity index is 1110. The van der Waals surface area contributed by atoms with Gasteiger partial charge >= 0.3 is 0 Å². The molecule has 1 N–H and O–H groups in total. The molecule has 31 heavy (non-hydrogen) atoms. The molecule has 4 nitrogen and oxygen atoms in total. The molecule has 1 atom stereocenters. The minimum Gasteiger partial charge on any atom is -0.372 e. The molecule has 0 aliphatic carbocycles. The minimum absolute atomic E-state index is 0.0942. The predicted octanol–water partition coefficient (Wildman–Crippen LogP) is 4.99. The van der Waals surface area contributed by atoms with Gasteiger partial charge in [0.15, 0.2) is 0 Å². The van der Waals surface area contributed by atoms with Crippen LogP contribution in [0.4, 0.5) is 5.69 Å². The normalized spacial score (nSPS) is 25.3. The Morgan fingerprint density at radius 3 is 2.55 bits per heavy atom. The highest BCUT2D eigenvalue weighted by atomic mass is 32.1. The number of fused-ring (bicyclic) bond motifs is 4. The number of carbonyl (C=O) groups excluding carboxylic acids is 1. The predicted molar refractivity (Wildman–Crippen MR) is 129 cm³/mol. The van der Waals surface area contributed by atoms with Gasteiger partial charge in [0.25, 0.3) is 5.91 Å². The molecule has 7 rings (SSSR count). The smallest absolute Gasteiger partial charge is 0.261 e. The van der Waals surface area contributed by atoms with Gasteiger partial charge in [-0.15, -0.1) is 11.3 Å². The Balaban J connectivity index is 1.29. The maximum Gasteiger partial charge on any atom is 0.261 e. The summed E-state index contributed by atoms with van der Waals surface area (Å²) in [4.78, 5) is 18.9. The van der Waals surface area contributed by atoms with Crippen molar-refractivity contribution in [2.75, 3.05) is 37.6 Å². The molecule has 4 saturated heterocycles. The van der Waals surface area contributed by atoms with Crippen LogP contribution in [-0.4, -0.2) is 49.6 Å². The van der Waals surface area contributed by atoms with Crippen LogP contribution in [0.5, 0.6) is 0 Å². The van der Waals surface area contributed by atoms with Crippen LogP contribution in [0.25, 0.3) is 21.2 Å². The SMILES string of the molecule is O=C(NC1CN2CCC1CC2)c1cc2cccc(-c3cccc(N4CCCC4)c3)c2s1. The number of piperidine rings is 3. The molecular weight excluding hydrogens is 402 g/mol. The second kappa shape index (κ2) is 7.95. The van der Waals surface area contributed by atoms with E-state index in [0.717, 1.165) is 29.9 Å². The van der Waals surface area contributed by atoms with Crippen LogP contribution in [0.2, 0.25) is 0 Å².